The molecular formula is C19H23N3O3. The summed E-state index contributed by atoms with van der Waals surface area (Å²) < 4.78 is 0. The van der Waals surface area contributed by atoms with Gasteiger partial charge in [0.05, 0.1) is 12.1 Å². The highest BCUT2D eigenvalue weighted by Crippen LogP contribution is 2.41. The number of Topliss-reactive ketones (excluding diaryl/α,β-unsaturated/α-hetero) is 1. The molecule has 1 N–H and O–H groups in total. The van der Waals surface area contributed by atoms with E-state index in [0.717, 1.165) is 6.42 Å². The van der Waals surface area contributed by atoms with Gasteiger partial charge in [0, 0.05) is 32.5 Å². The predicted molar refractivity (Wildman–Crippen MR) is 91.7 cm³/mol. The minimum Gasteiger partial charge on any atom is -0.311 e. The maximum Gasteiger partial charge on any atom is 0.327 e. The van der Waals surface area contributed by atoms with E-state index >= 15 is 0 Å². The average Bonchev–Trinajstić information content (AvgIpc) is 2.64. The molecule has 5 unspecified atom stereocenters. The Bertz CT molecular complexity index is 720. The van der Waals surface area contributed by atoms with Crippen molar-refractivity contribution in [2.75, 3.05) is 14.1 Å². The van der Waals surface area contributed by atoms with Crippen molar-refractivity contribution in [3.8, 4) is 0 Å². The zero-order chi connectivity index (χ0) is 17.7. The van der Waals surface area contributed by atoms with Crippen molar-refractivity contribution in [1.29, 1.82) is 0 Å². The number of fused-ring (bicyclic) bond motifs is 2. The average molecular weight is 341 g/mol. The minimum absolute atomic E-state index is 0.0131. The first kappa shape index (κ1) is 16.3. The normalized spacial score (nSPS) is 35.4. The molecule has 132 valence electrons. The number of urea groups is 1. The number of piperidine rings is 1. The molecule has 1 aliphatic carbocycles. The van der Waals surface area contributed by atoms with Gasteiger partial charge >= 0.3 is 6.03 Å². The van der Waals surface area contributed by atoms with Crippen LogP contribution in [0.15, 0.2) is 30.3 Å². The van der Waals surface area contributed by atoms with Gasteiger partial charge in [0.2, 0.25) is 5.91 Å². The first-order valence-corrected chi connectivity index (χ1v) is 8.85. The van der Waals surface area contributed by atoms with Gasteiger partial charge < -0.3 is 4.90 Å². The van der Waals surface area contributed by atoms with Gasteiger partial charge in [-0.1, -0.05) is 30.3 Å². The highest BCUT2D eigenvalue weighted by Gasteiger charge is 2.52. The smallest absolute Gasteiger partial charge is 0.311 e. The first-order chi connectivity index (χ1) is 12.0. The molecule has 2 aliphatic heterocycles. The molecule has 0 bridgehead atoms. The molecule has 0 aromatic heterocycles. The van der Waals surface area contributed by atoms with E-state index in [2.05, 4.69) is 17.4 Å². The fourth-order valence-electron chi connectivity index (χ4n) is 4.69. The number of ketones is 1. The molecule has 3 amide bonds. The molecule has 1 aromatic carbocycles. The van der Waals surface area contributed by atoms with E-state index in [1.165, 1.54) is 17.5 Å². The van der Waals surface area contributed by atoms with E-state index in [4.69, 9.17) is 0 Å². The van der Waals surface area contributed by atoms with Crippen LogP contribution < -0.4 is 5.32 Å². The van der Waals surface area contributed by atoms with Gasteiger partial charge in [-0.15, -0.1) is 0 Å². The van der Waals surface area contributed by atoms with Gasteiger partial charge in [-0.05, 0) is 24.3 Å². The maximum absolute atomic E-state index is 12.8. The van der Waals surface area contributed by atoms with Gasteiger partial charge in [0.15, 0.2) is 0 Å². The van der Waals surface area contributed by atoms with E-state index in [-0.39, 0.29) is 47.7 Å². The molecule has 0 radical (unpaired) electrons. The van der Waals surface area contributed by atoms with Gasteiger partial charge in [0.25, 0.3) is 0 Å². The van der Waals surface area contributed by atoms with Gasteiger partial charge in [0.1, 0.15) is 5.78 Å². The summed E-state index contributed by atoms with van der Waals surface area (Å²) in [6.45, 7) is 0. The summed E-state index contributed by atoms with van der Waals surface area (Å²) in [5, 5.41) is 3.46. The van der Waals surface area contributed by atoms with E-state index in [1.807, 2.05) is 18.2 Å². The van der Waals surface area contributed by atoms with E-state index in [9.17, 15) is 14.4 Å². The van der Waals surface area contributed by atoms with E-state index in [0.29, 0.717) is 12.8 Å². The second-order valence-electron chi connectivity index (χ2n) is 7.47. The Hall–Kier alpha value is -2.21. The number of nitrogens with zero attached hydrogens (tertiary/aromatic N) is 2. The standard InChI is InChI=1S/C19H23N3O3/c1-21-17-14(18(24)22(2)19(21)25)10-13-15(20-17)8-12(9-16(13)23)11-6-4-3-5-7-11/h3-7,12-15,17,20H,8-10H2,1-2H3. The number of carbonyl (C=O) groups is 3. The first-order valence-electron chi connectivity index (χ1n) is 8.85. The molecule has 1 aromatic rings. The van der Waals surface area contributed by atoms with Crippen molar-refractivity contribution in [3.05, 3.63) is 35.9 Å². The maximum atomic E-state index is 12.8. The number of rotatable bonds is 1. The molecule has 25 heavy (non-hydrogen) atoms. The Morgan fingerprint density at radius 2 is 1.72 bits per heavy atom. The third kappa shape index (κ3) is 2.56. The second-order valence-corrected chi connectivity index (χ2v) is 7.47. The summed E-state index contributed by atoms with van der Waals surface area (Å²) in [4.78, 5) is 40.3. The topological polar surface area (TPSA) is 69.7 Å². The van der Waals surface area contributed by atoms with Crippen molar-refractivity contribution in [3.63, 3.8) is 0 Å². The molecule has 4 rings (SSSR count). The summed E-state index contributed by atoms with van der Waals surface area (Å²) in [7, 11) is 3.23. The van der Waals surface area contributed by atoms with Gasteiger partial charge in [-0.25, -0.2) is 4.79 Å². The zero-order valence-corrected chi connectivity index (χ0v) is 14.5. The minimum atomic E-state index is -0.342. The quantitative estimate of drug-likeness (QED) is 0.842. The Kier molecular flexibility index (Phi) is 3.87. The van der Waals surface area contributed by atoms with Gasteiger partial charge in [-0.3, -0.25) is 19.8 Å². The van der Waals surface area contributed by atoms with Crippen LogP contribution in [0, 0.1) is 11.8 Å². The lowest BCUT2D eigenvalue weighted by molar-refractivity contribution is -0.144. The van der Waals surface area contributed by atoms with Crippen LogP contribution in [-0.2, 0) is 9.59 Å². The lowest BCUT2D eigenvalue weighted by Gasteiger charge is -2.51. The van der Waals surface area contributed by atoms with E-state index in [1.54, 1.807) is 11.9 Å². The third-order valence-corrected chi connectivity index (χ3v) is 6.08. The molecule has 2 saturated heterocycles. The molecule has 0 spiro atoms. The number of carbonyl (C=O) groups excluding carboxylic acids is 3. The molecule has 6 heteroatoms. The highest BCUT2D eigenvalue weighted by atomic mass is 16.2. The predicted octanol–water partition coefficient (Wildman–Crippen LogP) is 1.58. The molecule has 3 aliphatic rings. The van der Waals surface area contributed by atoms with Crippen LogP contribution in [0.1, 0.15) is 30.7 Å². The van der Waals surface area contributed by atoms with Crippen LogP contribution in [0.5, 0.6) is 0 Å². The Balaban J connectivity index is 1.58. The molecule has 3 fully saturated rings. The van der Waals surface area contributed by atoms with Crippen molar-refractivity contribution in [2.45, 2.75) is 37.4 Å². The zero-order valence-electron chi connectivity index (χ0n) is 14.5. The largest absolute Gasteiger partial charge is 0.327 e. The molecule has 5 atom stereocenters. The lowest BCUT2D eigenvalue weighted by Crippen LogP contribution is -2.70. The monoisotopic (exact) mass is 341 g/mol. The summed E-state index contributed by atoms with van der Waals surface area (Å²) >= 11 is 0. The number of benzene rings is 1. The number of imide groups is 1. The Morgan fingerprint density at radius 1 is 1.00 bits per heavy atom. The Labute approximate surface area is 147 Å². The Morgan fingerprint density at radius 3 is 2.44 bits per heavy atom. The number of hydrogen-bond acceptors (Lipinski definition) is 4. The molecular weight excluding hydrogens is 318 g/mol. The van der Waals surface area contributed by atoms with Crippen LogP contribution in [0.25, 0.3) is 0 Å². The fourth-order valence-corrected chi connectivity index (χ4v) is 4.69. The SMILES string of the molecule is CN1C(=O)C2CC3C(=O)CC(c4ccccc4)CC3NC2N(C)C1=O. The number of amides is 3. The van der Waals surface area contributed by atoms with Crippen LogP contribution in [0.4, 0.5) is 4.79 Å². The summed E-state index contributed by atoms with van der Waals surface area (Å²) in [6.07, 6.45) is 1.60. The second kappa shape index (κ2) is 5.95. The fraction of sp³-hybridized carbons (Fsp3) is 0.526. The third-order valence-electron chi connectivity index (χ3n) is 6.08. The summed E-state index contributed by atoms with van der Waals surface area (Å²) in [5.74, 6) is -0.239. The molecule has 1 saturated carbocycles. The lowest BCUT2D eigenvalue weighted by atomic mass is 9.68. The summed E-state index contributed by atoms with van der Waals surface area (Å²) in [6, 6.07) is 9.83. The van der Waals surface area contributed by atoms with Crippen LogP contribution >= 0.6 is 0 Å². The number of hydrogen-bond donors (Lipinski definition) is 1. The van der Waals surface area contributed by atoms with Crippen LogP contribution in [0.3, 0.4) is 0 Å². The number of nitrogens with one attached hydrogen (secondary N) is 1. The molecule has 6 nitrogen and oxygen atoms in total. The van der Waals surface area contributed by atoms with Crippen molar-refractivity contribution in [1.82, 2.24) is 15.1 Å². The van der Waals surface area contributed by atoms with Gasteiger partial charge in [-0.2, -0.15) is 0 Å². The van der Waals surface area contributed by atoms with Crippen LogP contribution in [0.2, 0.25) is 0 Å². The van der Waals surface area contributed by atoms with E-state index < -0.39 is 0 Å². The molecule has 2 heterocycles. The van der Waals surface area contributed by atoms with Crippen molar-refractivity contribution in [2.24, 2.45) is 11.8 Å². The van der Waals surface area contributed by atoms with Crippen molar-refractivity contribution >= 4 is 17.7 Å². The van der Waals surface area contributed by atoms with Crippen LogP contribution in [-0.4, -0.2) is 53.8 Å². The summed E-state index contributed by atoms with van der Waals surface area (Å²) in [5.41, 5.74) is 1.18. The highest BCUT2D eigenvalue weighted by molar-refractivity contribution is 5.98. The van der Waals surface area contributed by atoms with Crippen molar-refractivity contribution < 1.29 is 14.4 Å².